The van der Waals surface area contributed by atoms with Gasteiger partial charge in [0.15, 0.2) is 0 Å². The standard InChI is InChI=1S/C43H41NO7/c1-32-4-18-38(19-5-32)44(39-20-10-34(11-21-39)6-8-36-14-24-41(47-3)25-15-36)40-22-12-35(13-23-40)7-9-37-16-26-42(27-17-37)51-43(46)50-31-29-48-28-30-49-33(2)45/h4-27H,28-31H2,1-3H3/b8-6+,9-7+. The molecule has 5 rings (SSSR count). The summed E-state index contributed by atoms with van der Waals surface area (Å²) in [6, 6.07) is 40.6. The summed E-state index contributed by atoms with van der Waals surface area (Å²) in [6.45, 7) is 3.99. The number of hydrogen-bond donors (Lipinski definition) is 0. The molecular formula is C43H41NO7. The van der Waals surface area contributed by atoms with E-state index in [1.165, 1.54) is 12.5 Å². The Morgan fingerprint density at radius 2 is 0.922 bits per heavy atom. The van der Waals surface area contributed by atoms with Gasteiger partial charge in [0.25, 0.3) is 0 Å². The van der Waals surface area contributed by atoms with Crippen LogP contribution in [0.25, 0.3) is 24.3 Å². The van der Waals surface area contributed by atoms with Gasteiger partial charge in [-0.15, -0.1) is 0 Å². The van der Waals surface area contributed by atoms with E-state index in [2.05, 4.69) is 96.8 Å². The summed E-state index contributed by atoms with van der Waals surface area (Å²) in [5.74, 6) is 0.838. The normalized spacial score (nSPS) is 11.0. The average molecular weight is 684 g/mol. The zero-order valence-corrected chi connectivity index (χ0v) is 29.0. The van der Waals surface area contributed by atoms with E-state index in [9.17, 15) is 9.59 Å². The van der Waals surface area contributed by atoms with Gasteiger partial charge in [0, 0.05) is 24.0 Å². The molecule has 0 spiro atoms. The summed E-state index contributed by atoms with van der Waals surface area (Å²) in [7, 11) is 1.67. The number of methoxy groups -OCH3 is 1. The minimum absolute atomic E-state index is 0.0250. The second kappa shape index (κ2) is 18.6. The molecule has 0 radical (unpaired) electrons. The Labute approximate surface area is 299 Å². The van der Waals surface area contributed by atoms with Crippen molar-refractivity contribution < 1.29 is 33.3 Å². The van der Waals surface area contributed by atoms with Crippen LogP contribution in [-0.4, -0.2) is 45.7 Å². The lowest BCUT2D eigenvalue weighted by molar-refractivity contribution is -0.142. The van der Waals surface area contributed by atoms with Crippen molar-refractivity contribution in [2.75, 3.05) is 38.4 Å². The van der Waals surface area contributed by atoms with Gasteiger partial charge in [-0.25, -0.2) is 4.79 Å². The first-order valence-corrected chi connectivity index (χ1v) is 16.6. The summed E-state index contributed by atoms with van der Waals surface area (Å²) >= 11 is 0. The maximum atomic E-state index is 12.0. The summed E-state index contributed by atoms with van der Waals surface area (Å²) in [5, 5.41) is 0. The fourth-order valence-corrected chi connectivity index (χ4v) is 5.01. The highest BCUT2D eigenvalue weighted by Crippen LogP contribution is 2.35. The Hall–Kier alpha value is -6.12. The first kappa shape index (κ1) is 36.2. The minimum atomic E-state index is -0.820. The number of benzene rings is 5. The van der Waals surface area contributed by atoms with Gasteiger partial charge in [-0.2, -0.15) is 0 Å². The van der Waals surface area contributed by atoms with E-state index in [1.54, 1.807) is 19.2 Å². The molecule has 0 fully saturated rings. The van der Waals surface area contributed by atoms with Crippen LogP contribution in [0.5, 0.6) is 11.5 Å². The van der Waals surface area contributed by atoms with Crippen molar-refractivity contribution in [3.63, 3.8) is 0 Å². The molecule has 8 heteroatoms. The SMILES string of the molecule is COc1ccc(/C=C/c2ccc(N(c3ccc(C)cc3)c3ccc(/C=C/c4ccc(OC(=O)OCCOCCOC(C)=O)cc4)cc3)cc2)cc1. The van der Waals surface area contributed by atoms with Gasteiger partial charge in [0.2, 0.25) is 0 Å². The van der Waals surface area contributed by atoms with Crippen LogP contribution in [0.15, 0.2) is 121 Å². The van der Waals surface area contributed by atoms with Gasteiger partial charge in [-0.1, -0.05) is 90.5 Å². The number of rotatable bonds is 15. The van der Waals surface area contributed by atoms with E-state index >= 15 is 0 Å². The van der Waals surface area contributed by atoms with Gasteiger partial charge in [0.05, 0.1) is 20.3 Å². The molecule has 0 aliphatic carbocycles. The molecule has 0 saturated carbocycles. The predicted molar refractivity (Wildman–Crippen MR) is 203 cm³/mol. The van der Waals surface area contributed by atoms with Crippen molar-refractivity contribution in [2.45, 2.75) is 13.8 Å². The molecular weight excluding hydrogens is 642 g/mol. The van der Waals surface area contributed by atoms with Crippen molar-refractivity contribution in [2.24, 2.45) is 0 Å². The van der Waals surface area contributed by atoms with Crippen LogP contribution in [0.1, 0.15) is 34.7 Å². The topological polar surface area (TPSA) is 83.5 Å². The zero-order chi connectivity index (χ0) is 35.8. The first-order chi connectivity index (χ1) is 24.9. The lowest BCUT2D eigenvalue weighted by atomic mass is 10.1. The smallest absolute Gasteiger partial charge is 0.497 e. The summed E-state index contributed by atoms with van der Waals surface area (Å²) in [6.07, 6.45) is 7.42. The molecule has 5 aromatic rings. The Kier molecular flexibility index (Phi) is 13.2. The third-order valence-corrected chi connectivity index (χ3v) is 7.71. The van der Waals surface area contributed by atoms with Crippen LogP contribution in [0.4, 0.5) is 21.9 Å². The van der Waals surface area contributed by atoms with E-state index in [4.69, 9.17) is 23.7 Å². The fourth-order valence-electron chi connectivity index (χ4n) is 5.01. The van der Waals surface area contributed by atoms with E-state index in [-0.39, 0.29) is 32.4 Å². The van der Waals surface area contributed by atoms with Gasteiger partial charge in [-0.05, 0) is 89.8 Å². The quantitative estimate of drug-likeness (QED) is 0.0467. The number of carbonyl (C=O) groups excluding carboxylic acids is 2. The number of esters is 1. The molecule has 0 amide bonds. The predicted octanol–water partition coefficient (Wildman–Crippen LogP) is 9.91. The number of anilines is 3. The highest BCUT2D eigenvalue weighted by molar-refractivity contribution is 5.79. The molecule has 0 bridgehead atoms. The van der Waals surface area contributed by atoms with Crippen LogP contribution in [0, 0.1) is 6.92 Å². The van der Waals surface area contributed by atoms with Crippen LogP contribution in [0.3, 0.4) is 0 Å². The average Bonchev–Trinajstić information content (AvgIpc) is 3.15. The number of nitrogens with zero attached hydrogens (tertiary/aromatic N) is 1. The van der Waals surface area contributed by atoms with Crippen LogP contribution in [0.2, 0.25) is 0 Å². The monoisotopic (exact) mass is 683 g/mol. The third kappa shape index (κ3) is 11.5. The minimum Gasteiger partial charge on any atom is -0.497 e. The van der Waals surface area contributed by atoms with E-state index < -0.39 is 6.16 Å². The molecule has 8 nitrogen and oxygen atoms in total. The third-order valence-electron chi connectivity index (χ3n) is 7.71. The van der Waals surface area contributed by atoms with E-state index in [0.717, 1.165) is 45.1 Å². The summed E-state index contributed by atoms with van der Waals surface area (Å²) in [5.41, 5.74) is 8.57. The number of aryl methyl sites for hydroxylation is 1. The van der Waals surface area contributed by atoms with Crippen LogP contribution >= 0.6 is 0 Å². The Bertz CT molecular complexity index is 1900. The second-order valence-corrected chi connectivity index (χ2v) is 11.5. The van der Waals surface area contributed by atoms with Crippen LogP contribution in [-0.2, 0) is 19.0 Å². The molecule has 0 N–H and O–H groups in total. The molecule has 0 aliphatic heterocycles. The largest absolute Gasteiger partial charge is 0.513 e. The first-order valence-electron chi connectivity index (χ1n) is 16.6. The van der Waals surface area contributed by atoms with Crippen molar-refractivity contribution in [3.8, 4) is 11.5 Å². The van der Waals surface area contributed by atoms with Gasteiger partial charge in [0.1, 0.15) is 24.7 Å². The van der Waals surface area contributed by atoms with Crippen molar-refractivity contribution in [3.05, 3.63) is 149 Å². The highest BCUT2D eigenvalue weighted by atomic mass is 16.7. The van der Waals surface area contributed by atoms with Gasteiger partial charge < -0.3 is 28.6 Å². The number of ether oxygens (including phenoxy) is 5. The Morgan fingerprint density at radius 3 is 1.35 bits per heavy atom. The van der Waals surface area contributed by atoms with Crippen molar-refractivity contribution >= 4 is 53.5 Å². The highest BCUT2D eigenvalue weighted by Gasteiger charge is 2.12. The molecule has 0 heterocycles. The van der Waals surface area contributed by atoms with E-state index in [1.807, 2.05) is 48.6 Å². The number of hydrogen-bond acceptors (Lipinski definition) is 8. The van der Waals surface area contributed by atoms with Gasteiger partial charge >= 0.3 is 12.1 Å². The van der Waals surface area contributed by atoms with Crippen molar-refractivity contribution in [1.29, 1.82) is 0 Å². The zero-order valence-electron chi connectivity index (χ0n) is 29.0. The summed E-state index contributed by atoms with van der Waals surface area (Å²) < 4.78 is 25.5. The van der Waals surface area contributed by atoms with E-state index in [0.29, 0.717) is 5.75 Å². The molecule has 0 atom stereocenters. The van der Waals surface area contributed by atoms with Gasteiger partial charge in [-0.3, -0.25) is 4.79 Å². The lowest BCUT2D eigenvalue weighted by Crippen LogP contribution is -2.16. The maximum Gasteiger partial charge on any atom is 0.513 e. The Morgan fingerprint density at radius 1 is 0.529 bits per heavy atom. The van der Waals surface area contributed by atoms with Crippen molar-refractivity contribution in [1.82, 2.24) is 0 Å². The second-order valence-electron chi connectivity index (χ2n) is 11.5. The summed E-state index contributed by atoms with van der Waals surface area (Å²) in [4.78, 5) is 24.9. The Balaban J connectivity index is 1.19. The molecule has 0 aliphatic rings. The van der Waals surface area contributed by atoms with Crippen LogP contribution < -0.4 is 14.4 Å². The number of carbonyl (C=O) groups is 2. The fraction of sp³-hybridized carbons (Fsp3) is 0.163. The lowest BCUT2D eigenvalue weighted by Gasteiger charge is -2.26. The molecule has 51 heavy (non-hydrogen) atoms. The molecule has 0 aromatic heterocycles. The molecule has 0 unspecified atom stereocenters. The molecule has 260 valence electrons. The molecule has 5 aromatic carbocycles. The molecule has 0 saturated heterocycles. The maximum absolute atomic E-state index is 12.0.